The molecule has 2 aromatic heterocycles. The lowest BCUT2D eigenvalue weighted by molar-refractivity contribution is 0.413. The maximum absolute atomic E-state index is 5.86. The zero-order valence-corrected chi connectivity index (χ0v) is 11.4. The topological polar surface area (TPSA) is 38.3 Å². The summed E-state index contributed by atoms with van der Waals surface area (Å²) >= 11 is 3.47. The molecule has 2 heterocycles. The molecule has 3 rings (SSSR count). The van der Waals surface area contributed by atoms with Crippen molar-refractivity contribution >= 4 is 26.9 Å². The summed E-state index contributed by atoms with van der Waals surface area (Å²) in [5.41, 5.74) is 0.885. The minimum Gasteiger partial charge on any atom is -0.466 e. The Labute approximate surface area is 113 Å². The van der Waals surface area contributed by atoms with Crippen LogP contribution >= 0.6 is 15.9 Å². The molecule has 0 saturated carbocycles. The lowest BCUT2D eigenvalue weighted by Gasteiger charge is -2.10. The highest BCUT2D eigenvalue weighted by molar-refractivity contribution is 9.10. The molecule has 0 aliphatic rings. The van der Waals surface area contributed by atoms with E-state index in [4.69, 9.17) is 8.83 Å². The number of benzene rings is 1. The molecule has 92 valence electrons. The van der Waals surface area contributed by atoms with E-state index in [9.17, 15) is 0 Å². The van der Waals surface area contributed by atoms with Crippen LogP contribution in [-0.4, -0.2) is 7.05 Å². The second kappa shape index (κ2) is 4.63. The fourth-order valence-electron chi connectivity index (χ4n) is 2.06. The first-order valence-corrected chi connectivity index (χ1v) is 6.47. The summed E-state index contributed by atoms with van der Waals surface area (Å²) in [6.45, 7) is 0. The molecule has 0 fully saturated rings. The Bertz CT molecular complexity index is 638. The highest BCUT2D eigenvalue weighted by atomic mass is 79.9. The lowest BCUT2D eigenvalue weighted by atomic mass is 10.1. The number of hydrogen-bond acceptors (Lipinski definition) is 3. The first kappa shape index (κ1) is 11.6. The van der Waals surface area contributed by atoms with E-state index in [0.29, 0.717) is 0 Å². The number of fused-ring (bicyclic) bond motifs is 1. The number of furan rings is 2. The minimum atomic E-state index is -0.0956. The number of hydrogen-bond donors (Lipinski definition) is 1. The molecule has 0 spiro atoms. The molecule has 1 N–H and O–H groups in total. The molecule has 0 radical (unpaired) electrons. The van der Waals surface area contributed by atoms with Crippen molar-refractivity contribution in [3.8, 4) is 0 Å². The third kappa shape index (κ3) is 1.87. The molecule has 1 atom stereocenters. The molecule has 1 unspecified atom stereocenters. The van der Waals surface area contributed by atoms with Gasteiger partial charge in [-0.1, -0.05) is 18.2 Å². The monoisotopic (exact) mass is 305 g/mol. The largest absolute Gasteiger partial charge is 0.466 e. The molecule has 0 aliphatic carbocycles. The van der Waals surface area contributed by atoms with E-state index in [-0.39, 0.29) is 6.04 Å². The van der Waals surface area contributed by atoms with Crippen LogP contribution in [0.4, 0.5) is 0 Å². The second-order valence-corrected chi connectivity index (χ2v) is 4.90. The summed E-state index contributed by atoms with van der Waals surface area (Å²) in [7, 11) is 1.88. The average Bonchev–Trinajstić information content (AvgIpc) is 2.97. The van der Waals surface area contributed by atoms with Crippen molar-refractivity contribution in [3.05, 3.63) is 58.7 Å². The summed E-state index contributed by atoms with van der Waals surface area (Å²) in [5.74, 6) is 1.66. The van der Waals surface area contributed by atoms with E-state index >= 15 is 0 Å². The van der Waals surface area contributed by atoms with E-state index in [1.54, 1.807) is 6.26 Å². The first-order chi connectivity index (χ1) is 8.79. The van der Waals surface area contributed by atoms with Gasteiger partial charge in [-0.15, -0.1) is 0 Å². The Morgan fingerprint density at radius 1 is 1.22 bits per heavy atom. The zero-order valence-electron chi connectivity index (χ0n) is 9.81. The number of halogens is 1. The maximum Gasteiger partial charge on any atom is 0.142 e. The van der Waals surface area contributed by atoms with Gasteiger partial charge in [-0.3, -0.25) is 0 Å². The minimum absolute atomic E-state index is 0.0956. The molecular weight excluding hydrogens is 294 g/mol. The van der Waals surface area contributed by atoms with Gasteiger partial charge in [0.05, 0.1) is 10.7 Å². The van der Waals surface area contributed by atoms with E-state index in [2.05, 4.69) is 21.2 Å². The van der Waals surface area contributed by atoms with Crippen molar-refractivity contribution in [1.29, 1.82) is 0 Å². The predicted molar refractivity (Wildman–Crippen MR) is 73.5 cm³/mol. The summed E-state index contributed by atoms with van der Waals surface area (Å²) in [4.78, 5) is 0. The fraction of sp³-hybridized carbons (Fsp3) is 0.143. The van der Waals surface area contributed by atoms with Crippen LogP contribution in [0.25, 0.3) is 11.0 Å². The summed E-state index contributed by atoms with van der Waals surface area (Å²) in [6.07, 6.45) is 1.66. The van der Waals surface area contributed by atoms with Crippen molar-refractivity contribution < 1.29 is 8.83 Å². The molecule has 1 aromatic carbocycles. The van der Waals surface area contributed by atoms with Gasteiger partial charge in [0.1, 0.15) is 23.1 Å². The molecule has 0 bridgehead atoms. The summed E-state index contributed by atoms with van der Waals surface area (Å²) < 4.78 is 12.3. The molecule has 3 aromatic rings. The second-order valence-electron chi connectivity index (χ2n) is 4.04. The lowest BCUT2D eigenvalue weighted by Crippen LogP contribution is -2.16. The van der Waals surface area contributed by atoms with E-state index in [1.807, 2.05) is 43.4 Å². The van der Waals surface area contributed by atoms with Gasteiger partial charge in [-0.05, 0) is 41.2 Å². The Morgan fingerprint density at radius 3 is 2.72 bits per heavy atom. The van der Waals surface area contributed by atoms with Crippen LogP contribution in [0, 0.1) is 0 Å². The quantitative estimate of drug-likeness (QED) is 0.792. The van der Waals surface area contributed by atoms with Gasteiger partial charge < -0.3 is 14.2 Å². The van der Waals surface area contributed by atoms with Crippen LogP contribution < -0.4 is 5.32 Å². The van der Waals surface area contributed by atoms with Gasteiger partial charge in [0, 0.05) is 5.39 Å². The van der Waals surface area contributed by atoms with Gasteiger partial charge in [0.15, 0.2) is 0 Å². The summed E-state index contributed by atoms with van der Waals surface area (Å²) in [5, 5.41) is 4.30. The predicted octanol–water partition coefficient (Wildman–Crippen LogP) is 4.10. The molecule has 3 nitrogen and oxygen atoms in total. The Balaban J connectivity index is 2.09. The van der Waals surface area contributed by atoms with Crippen LogP contribution in [-0.2, 0) is 0 Å². The highest BCUT2D eigenvalue weighted by Gasteiger charge is 2.21. The molecule has 18 heavy (non-hydrogen) atoms. The average molecular weight is 306 g/mol. The van der Waals surface area contributed by atoms with E-state index < -0.39 is 0 Å². The van der Waals surface area contributed by atoms with Crippen molar-refractivity contribution in [2.75, 3.05) is 7.05 Å². The van der Waals surface area contributed by atoms with Gasteiger partial charge in [-0.2, -0.15) is 0 Å². The van der Waals surface area contributed by atoms with Crippen molar-refractivity contribution in [1.82, 2.24) is 5.32 Å². The SMILES string of the molecule is CNC(c1cc2ccccc2o1)c1occc1Br. The van der Waals surface area contributed by atoms with Crippen LogP contribution in [0.2, 0.25) is 0 Å². The fourth-order valence-corrected chi connectivity index (χ4v) is 2.49. The van der Waals surface area contributed by atoms with E-state index in [1.165, 1.54) is 0 Å². The van der Waals surface area contributed by atoms with Crippen molar-refractivity contribution in [2.45, 2.75) is 6.04 Å². The Hall–Kier alpha value is -1.52. The van der Waals surface area contributed by atoms with Gasteiger partial charge in [-0.25, -0.2) is 0 Å². The molecule has 0 amide bonds. The van der Waals surface area contributed by atoms with Crippen molar-refractivity contribution in [3.63, 3.8) is 0 Å². The van der Waals surface area contributed by atoms with Crippen LogP contribution in [0.5, 0.6) is 0 Å². The Kier molecular flexibility index (Phi) is 2.97. The number of para-hydroxylation sites is 1. The highest BCUT2D eigenvalue weighted by Crippen LogP contribution is 2.32. The first-order valence-electron chi connectivity index (χ1n) is 5.68. The smallest absolute Gasteiger partial charge is 0.142 e. The van der Waals surface area contributed by atoms with Crippen LogP contribution in [0.1, 0.15) is 17.6 Å². The standard InChI is InChI=1S/C14H12BrNO2/c1-16-13(14-10(15)6-7-17-14)12-8-9-4-2-3-5-11(9)18-12/h2-8,13,16H,1H3. The third-order valence-corrected chi connectivity index (χ3v) is 3.58. The maximum atomic E-state index is 5.86. The third-order valence-electron chi connectivity index (χ3n) is 2.92. The van der Waals surface area contributed by atoms with Crippen LogP contribution in [0.3, 0.4) is 0 Å². The number of rotatable bonds is 3. The molecular formula is C14H12BrNO2. The van der Waals surface area contributed by atoms with E-state index in [0.717, 1.165) is 27.0 Å². The van der Waals surface area contributed by atoms with Gasteiger partial charge in [0.2, 0.25) is 0 Å². The molecule has 4 heteroatoms. The normalized spacial score (nSPS) is 13.0. The van der Waals surface area contributed by atoms with Gasteiger partial charge in [0.25, 0.3) is 0 Å². The van der Waals surface area contributed by atoms with Crippen LogP contribution in [0.15, 0.2) is 56.0 Å². The zero-order chi connectivity index (χ0) is 12.5. The number of nitrogens with one attached hydrogen (secondary N) is 1. The van der Waals surface area contributed by atoms with Crippen molar-refractivity contribution in [2.24, 2.45) is 0 Å². The molecule has 0 aliphatic heterocycles. The Morgan fingerprint density at radius 2 is 2.06 bits per heavy atom. The molecule has 0 saturated heterocycles. The van der Waals surface area contributed by atoms with Gasteiger partial charge >= 0.3 is 0 Å². The summed E-state index contributed by atoms with van der Waals surface area (Å²) in [6, 6.07) is 11.8.